The highest BCUT2D eigenvalue weighted by Gasteiger charge is 2.27. The second-order valence-electron chi connectivity index (χ2n) is 7.00. The molecule has 0 unspecified atom stereocenters. The summed E-state index contributed by atoms with van der Waals surface area (Å²) in [6.45, 7) is 3.48. The van der Waals surface area contributed by atoms with E-state index < -0.39 is 0 Å². The van der Waals surface area contributed by atoms with Gasteiger partial charge in [0.05, 0.1) is 23.1 Å². The van der Waals surface area contributed by atoms with Gasteiger partial charge in [-0.3, -0.25) is 14.9 Å². The fraction of sp³-hybridized carbons (Fsp3) is 0.286. The van der Waals surface area contributed by atoms with Gasteiger partial charge in [-0.25, -0.2) is 0 Å². The number of carbonyl (C=O) groups excluding carboxylic acids is 1. The van der Waals surface area contributed by atoms with E-state index in [1.807, 2.05) is 48.4 Å². The van der Waals surface area contributed by atoms with Crippen LogP contribution in [-0.2, 0) is 0 Å². The monoisotopic (exact) mass is 361 g/mol. The lowest BCUT2D eigenvalue weighted by molar-refractivity contribution is 0.0714. The molecule has 4 rings (SSSR count). The largest absolute Gasteiger partial charge is 0.396 e. The number of nitrogens with one attached hydrogen (secondary N) is 1. The third kappa shape index (κ3) is 3.30. The van der Waals surface area contributed by atoms with E-state index in [-0.39, 0.29) is 5.91 Å². The molecule has 0 bridgehead atoms. The molecule has 6 heteroatoms. The number of aryl methyl sites for hydroxylation is 1. The van der Waals surface area contributed by atoms with E-state index in [1.54, 1.807) is 12.3 Å². The van der Waals surface area contributed by atoms with Gasteiger partial charge in [-0.05, 0) is 37.3 Å². The van der Waals surface area contributed by atoms with E-state index in [0.717, 1.165) is 37.2 Å². The van der Waals surface area contributed by atoms with E-state index in [1.165, 1.54) is 5.56 Å². The van der Waals surface area contributed by atoms with Gasteiger partial charge in [0.25, 0.3) is 5.91 Å². The van der Waals surface area contributed by atoms with Gasteiger partial charge in [-0.1, -0.05) is 30.3 Å². The molecule has 0 radical (unpaired) electrons. The number of rotatable bonds is 3. The number of nitrogens with zero attached hydrogens (tertiary/aromatic N) is 3. The van der Waals surface area contributed by atoms with Crippen molar-refractivity contribution in [3.8, 4) is 11.3 Å². The highest BCUT2D eigenvalue weighted by molar-refractivity contribution is 6.01. The van der Waals surface area contributed by atoms with E-state index >= 15 is 0 Å². The molecule has 1 aliphatic rings. The summed E-state index contributed by atoms with van der Waals surface area (Å²) in [6, 6.07) is 11.4. The number of H-pyrrole nitrogens is 1. The van der Waals surface area contributed by atoms with Crippen LogP contribution in [0.4, 0.5) is 5.69 Å². The van der Waals surface area contributed by atoms with Crippen molar-refractivity contribution >= 4 is 11.6 Å². The number of nitrogen functional groups attached to an aromatic ring is 1. The molecule has 3 N–H and O–H groups in total. The minimum Gasteiger partial charge on any atom is -0.396 e. The summed E-state index contributed by atoms with van der Waals surface area (Å²) in [7, 11) is 0. The molecule has 0 aliphatic carbocycles. The van der Waals surface area contributed by atoms with Crippen LogP contribution in [0.5, 0.6) is 0 Å². The maximum atomic E-state index is 13.1. The van der Waals surface area contributed by atoms with Crippen LogP contribution in [0.15, 0.2) is 48.8 Å². The van der Waals surface area contributed by atoms with E-state index in [2.05, 4.69) is 15.2 Å². The summed E-state index contributed by atoms with van der Waals surface area (Å²) in [4.78, 5) is 19.3. The highest BCUT2D eigenvalue weighted by Crippen LogP contribution is 2.31. The third-order valence-electron chi connectivity index (χ3n) is 5.36. The first-order valence-corrected chi connectivity index (χ1v) is 9.24. The molecule has 1 amide bonds. The SMILES string of the molecule is Cc1[nH]ncc1C1CCN(C(=O)c2ccnc(-c3ccccc3)c2N)CC1. The minimum absolute atomic E-state index is 0.0190. The Balaban J connectivity index is 1.52. The second-order valence-corrected chi connectivity index (χ2v) is 7.00. The lowest BCUT2D eigenvalue weighted by Crippen LogP contribution is -2.38. The Morgan fingerprint density at radius 3 is 2.59 bits per heavy atom. The average Bonchev–Trinajstić information content (AvgIpc) is 3.14. The smallest absolute Gasteiger partial charge is 0.256 e. The molecule has 3 aromatic rings. The van der Waals surface area contributed by atoms with Crippen LogP contribution in [-0.4, -0.2) is 39.1 Å². The fourth-order valence-electron chi connectivity index (χ4n) is 3.82. The summed E-state index contributed by atoms with van der Waals surface area (Å²) >= 11 is 0. The quantitative estimate of drug-likeness (QED) is 0.748. The first-order chi connectivity index (χ1) is 13.1. The summed E-state index contributed by atoms with van der Waals surface area (Å²) in [6.07, 6.45) is 5.43. The van der Waals surface area contributed by atoms with Crippen LogP contribution in [0, 0.1) is 6.92 Å². The second kappa shape index (κ2) is 7.23. The first-order valence-electron chi connectivity index (χ1n) is 9.24. The molecule has 138 valence electrons. The van der Waals surface area contributed by atoms with Crippen molar-refractivity contribution in [2.75, 3.05) is 18.8 Å². The first kappa shape index (κ1) is 17.3. The molecule has 6 nitrogen and oxygen atoms in total. The van der Waals surface area contributed by atoms with Gasteiger partial charge in [0.15, 0.2) is 0 Å². The lowest BCUT2D eigenvalue weighted by Gasteiger charge is -2.32. The van der Waals surface area contributed by atoms with Gasteiger partial charge in [0.1, 0.15) is 0 Å². The Morgan fingerprint density at radius 1 is 1.19 bits per heavy atom. The molecule has 3 heterocycles. The number of carbonyl (C=O) groups is 1. The summed E-state index contributed by atoms with van der Waals surface area (Å²) in [5, 5.41) is 7.12. The van der Waals surface area contributed by atoms with Gasteiger partial charge in [-0.15, -0.1) is 0 Å². The zero-order chi connectivity index (χ0) is 18.8. The number of pyridine rings is 1. The molecular formula is C21H23N5O. The van der Waals surface area contributed by atoms with Gasteiger partial charge >= 0.3 is 0 Å². The number of benzene rings is 1. The van der Waals surface area contributed by atoms with Crippen molar-refractivity contribution in [1.82, 2.24) is 20.1 Å². The molecular weight excluding hydrogens is 338 g/mol. The van der Waals surface area contributed by atoms with Crippen molar-refractivity contribution in [2.45, 2.75) is 25.7 Å². The summed E-state index contributed by atoms with van der Waals surface area (Å²) in [5.74, 6) is 0.428. The van der Waals surface area contributed by atoms with E-state index in [4.69, 9.17) is 5.73 Å². The van der Waals surface area contributed by atoms with Crippen LogP contribution >= 0.6 is 0 Å². The molecule has 27 heavy (non-hydrogen) atoms. The predicted molar refractivity (Wildman–Crippen MR) is 105 cm³/mol. The zero-order valence-electron chi connectivity index (χ0n) is 15.4. The van der Waals surface area contributed by atoms with Crippen LogP contribution in [0.25, 0.3) is 11.3 Å². The van der Waals surface area contributed by atoms with Crippen molar-refractivity contribution in [2.24, 2.45) is 0 Å². The molecule has 1 aliphatic heterocycles. The third-order valence-corrected chi connectivity index (χ3v) is 5.36. The standard InChI is InChI=1S/C21H23N5O/c1-14-18(13-24-25-14)15-8-11-26(12-9-15)21(27)17-7-10-23-20(19(17)22)16-5-3-2-4-6-16/h2-7,10,13,15H,8-9,11-12,22H2,1H3,(H,24,25). The molecule has 1 fully saturated rings. The maximum Gasteiger partial charge on any atom is 0.256 e. The fourth-order valence-corrected chi connectivity index (χ4v) is 3.82. The molecule has 0 saturated carbocycles. The number of anilines is 1. The van der Waals surface area contributed by atoms with Gasteiger partial charge < -0.3 is 10.6 Å². The number of aromatic nitrogens is 3. The zero-order valence-corrected chi connectivity index (χ0v) is 15.4. The van der Waals surface area contributed by atoms with Crippen LogP contribution in [0.3, 0.4) is 0 Å². The Bertz CT molecular complexity index is 942. The van der Waals surface area contributed by atoms with E-state index in [0.29, 0.717) is 22.9 Å². The molecule has 2 aromatic heterocycles. The van der Waals surface area contributed by atoms with Crippen LogP contribution in [0.1, 0.15) is 40.4 Å². The predicted octanol–water partition coefficient (Wildman–Crippen LogP) is 3.38. The van der Waals surface area contributed by atoms with Crippen molar-refractivity contribution in [3.05, 3.63) is 65.6 Å². The highest BCUT2D eigenvalue weighted by atomic mass is 16.2. The topological polar surface area (TPSA) is 87.9 Å². The normalized spacial score (nSPS) is 15.1. The van der Waals surface area contributed by atoms with Crippen LogP contribution in [0.2, 0.25) is 0 Å². The number of nitrogens with two attached hydrogens (primary N) is 1. The number of amides is 1. The molecule has 0 atom stereocenters. The van der Waals surface area contributed by atoms with Gasteiger partial charge in [0, 0.05) is 30.5 Å². The van der Waals surface area contributed by atoms with Gasteiger partial charge in [0.2, 0.25) is 0 Å². The molecule has 0 spiro atoms. The minimum atomic E-state index is -0.0190. The van der Waals surface area contributed by atoms with Crippen molar-refractivity contribution in [1.29, 1.82) is 0 Å². The number of aromatic amines is 1. The number of hydrogen-bond donors (Lipinski definition) is 2. The summed E-state index contributed by atoms with van der Waals surface area (Å²) in [5.41, 5.74) is 11.3. The molecule has 1 saturated heterocycles. The van der Waals surface area contributed by atoms with Crippen LogP contribution < -0.4 is 5.73 Å². The molecule has 1 aromatic carbocycles. The number of hydrogen-bond acceptors (Lipinski definition) is 4. The summed E-state index contributed by atoms with van der Waals surface area (Å²) < 4.78 is 0. The average molecular weight is 361 g/mol. The van der Waals surface area contributed by atoms with Crippen molar-refractivity contribution < 1.29 is 4.79 Å². The number of likely N-dealkylation sites (tertiary alicyclic amines) is 1. The Kier molecular flexibility index (Phi) is 4.62. The Morgan fingerprint density at radius 2 is 1.93 bits per heavy atom. The van der Waals surface area contributed by atoms with Crippen molar-refractivity contribution in [3.63, 3.8) is 0 Å². The van der Waals surface area contributed by atoms with E-state index in [9.17, 15) is 4.79 Å². The maximum absolute atomic E-state index is 13.1. The Hall–Kier alpha value is -3.15. The van der Waals surface area contributed by atoms with Gasteiger partial charge in [-0.2, -0.15) is 5.10 Å². The lowest BCUT2D eigenvalue weighted by atomic mass is 9.89. The number of piperidine rings is 1. The Labute approximate surface area is 158 Å².